The van der Waals surface area contributed by atoms with Crippen molar-refractivity contribution in [3.05, 3.63) is 52.0 Å². The van der Waals surface area contributed by atoms with Gasteiger partial charge in [-0.05, 0) is 54.8 Å². The van der Waals surface area contributed by atoms with Gasteiger partial charge >= 0.3 is 0 Å². The van der Waals surface area contributed by atoms with Gasteiger partial charge in [0.1, 0.15) is 18.5 Å². The van der Waals surface area contributed by atoms with E-state index < -0.39 is 6.10 Å². The number of hydrogen-bond acceptors (Lipinski definition) is 6. The molecule has 0 radical (unpaired) electrons. The lowest BCUT2D eigenvalue weighted by molar-refractivity contribution is 0.0446. The molecule has 30 heavy (non-hydrogen) atoms. The van der Waals surface area contributed by atoms with Crippen LogP contribution in [0.15, 0.2) is 30.3 Å². The van der Waals surface area contributed by atoms with Gasteiger partial charge in [0.25, 0.3) is 0 Å². The van der Waals surface area contributed by atoms with E-state index in [1.165, 1.54) is 5.56 Å². The molecule has 1 fully saturated rings. The lowest BCUT2D eigenvalue weighted by Crippen LogP contribution is -2.48. The molecule has 0 unspecified atom stereocenters. The maximum Gasteiger partial charge on any atom is 0.231 e. The molecule has 0 saturated carbocycles. The summed E-state index contributed by atoms with van der Waals surface area (Å²) in [5.74, 6) is 2.41. The molecule has 0 aliphatic carbocycles. The molecule has 2 aliphatic rings. The topological polar surface area (TPSA) is 54.4 Å². The van der Waals surface area contributed by atoms with Crippen molar-refractivity contribution in [1.29, 1.82) is 0 Å². The van der Waals surface area contributed by atoms with Crippen LogP contribution >= 0.6 is 11.6 Å². The van der Waals surface area contributed by atoms with Crippen molar-refractivity contribution in [2.24, 2.45) is 0 Å². The number of nitrogens with zero attached hydrogens (tertiary/aromatic N) is 2. The van der Waals surface area contributed by atoms with Crippen molar-refractivity contribution < 1.29 is 19.3 Å². The second-order valence-corrected chi connectivity index (χ2v) is 8.48. The second-order valence-electron chi connectivity index (χ2n) is 8.10. The number of benzene rings is 2. The lowest BCUT2D eigenvalue weighted by atomic mass is 10.1. The molecule has 162 valence electrons. The Hall–Kier alpha value is -1.99. The first-order valence-electron chi connectivity index (χ1n) is 10.4. The Morgan fingerprint density at radius 1 is 1.00 bits per heavy atom. The van der Waals surface area contributed by atoms with E-state index in [9.17, 15) is 5.11 Å². The van der Waals surface area contributed by atoms with Crippen molar-refractivity contribution >= 4 is 11.6 Å². The lowest BCUT2D eigenvalue weighted by Gasteiger charge is -2.35. The molecule has 1 saturated heterocycles. The fourth-order valence-electron chi connectivity index (χ4n) is 3.96. The van der Waals surface area contributed by atoms with E-state index in [4.69, 9.17) is 25.8 Å². The first-order chi connectivity index (χ1) is 14.5. The van der Waals surface area contributed by atoms with Crippen LogP contribution in [-0.4, -0.2) is 67.1 Å². The van der Waals surface area contributed by atoms with Crippen molar-refractivity contribution in [2.45, 2.75) is 26.5 Å². The van der Waals surface area contributed by atoms with Crippen LogP contribution in [0.3, 0.4) is 0 Å². The molecule has 2 heterocycles. The number of halogens is 1. The predicted octanol–water partition coefficient (Wildman–Crippen LogP) is 3.24. The van der Waals surface area contributed by atoms with Crippen LogP contribution in [0, 0.1) is 13.8 Å². The largest absolute Gasteiger partial charge is 0.491 e. The third kappa shape index (κ3) is 5.19. The first-order valence-corrected chi connectivity index (χ1v) is 10.8. The molecule has 4 rings (SSSR count). The first kappa shape index (κ1) is 21.2. The fourth-order valence-corrected chi connectivity index (χ4v) is 4.07. The van der Waals surface area contributed by atoms with Crippen LogP contribution in [0.2, 0.25) is 5.02 Å². The zero-order valence-electron chi connectivity index (χ0n) is 17.6. The number of aliphatic hydroxyl groups excluding tert-OH is 1. The fraction of sp³-hybridized carbons (Fsp3) is 0.478. The monoisotopic (exact) mass is 432 g/mol. The molecule has 2 aliphatic heterocycles. The minimum atomic E-state index is -0.526. The molecule has 1 N–H and O–H groups in total. The van der Waals surface area contributed by atoms with Crippen LogP contribution in [0.25, 0.3) is 0 Å². The summed E-state index contributed by atoms with van der Waals surface area (Å²) in [5, 5.41) is 11.2. The van der Waals surface area contributed by atoms with Gasteiger partial charge in [-0.3, -0.25) is 9.80 Å². The molecular weight excluding hydrogens is 404 g/mol. The highest BCUT2D eigenvalue weighted by molar-refractivity contribution is 6.32. The summed E-state index contributed by atoms with van der Waals surface area (Å²) in [7, 11) is 0. The Labute approximate surface area is 182 Å². The van der Waals surface area contributed by atoms with Gasteiger partial charge < -0.3 is 19.3 Å². The average Bonchev–Trinajstić information content (AvgIpc) is 3.20. The Kier molecular flexibility index (Phi) is 6.68. The SMILES string of the molecule is Cc1cc(OC[C@H](O)CN2CCN(Cc3ccc4c(c3)OCO4)CC2)cc(C)c1Cl. The van der Waals surface area contributed by atoms with E-state index in [0.29, 0.717) is 13.3 Å². The Morgan fingerprint density at radius 3 is 2.40 bits per heavy atom. The summed E-state index contributed by atoms with van der Waals surface area (Å²) < 4.78 is 16.6. The van der Waals surface area contributed by atoms with E-state index >= 15 is 0 Å². The van der Waals surface area contributed by atoms with Gasteiger partial charge in [0.05, 0.1) is 0 Å². The molecule has 2 aromatic rings. The van der Waals surface area contributed by atoms with Crippen molar-refractivity contribution in [3.63, 3.8) is 0 Å². The zero-order valence-corrected chi connectivity index (χ0v) is 18.3. The minimum Gasteiger partial charge on any atom is -0.491 e. The molecule has 0 spiro atoms. The van der Waals surface area contributed by atoms with Crippen molar-refractivity contribution in [1.82, 2.24) is 9.80 Å². The van der Waals surface area contributed by atoms with Gasteiger partial charge in [-0.15, -0.1) is 0 Å². The smallest absolute Gasteiger partial charge is 0.231 e. The number of ether oxygens (including phenoxy) is 3. The summed E-state index contributed by atoms with van der Waals surface area (Å²) in [4.78, 5) is 4.72. The summed E-state index contributed by atoms with van der Waals surface area (Å²) in [6.07, 6.45) is -0.526. The number of aliphatic hydroxyl groups is 1. The Balaban J connectivity index is 1.20. The zero-order chi connectivity index (χ0) is 21.1. The van der Waals surface area contributed by atoms with Gasteiger partial charge in [-0.25, -0.2) is 0 Å². The minimum absolute atomic E-state index is 0.276. The standard InChI is InChI=1S/C23H29ClN2O4/c1-16-9-20(10-17(2)23(16)24)28-14-19(27)13-26-7-5-25(6-8-26)12-18-3-4-21-22(11-18)30-15-29-21/h3-4,9-11,19,27H,5-8,12-15H2,1-2H3/t19-/m1/s1. The second kappa shape index (κ2) is 9.43. The third-order valence-electron chi connectivity index (χ3n) is 5.63. The molecule has 2 aromatic carbocycles. The Bertz CT molecular complexity index is 860. The van der Waals surface area contributed by atoms with Crippen LogP contribution in [0.1, 0.15) is 16.7 Å². The molecule has 0 amide bonds. The van der Waals surface area contributed by atoms with Crippen LogP contribution in [0.4, 0.5) is 0 Å². The molecule has 1 atom stereocenters. The van der Waals surface area contributed by atoms with Gasteiger partial charge in [0.2, 0.25) is 6.79 Å². The number of fused-ring (bicyclic) bond motifs is 1. The number of piperazine rings is 1. The van der Waals surface area contributed by atoms with Gasteiger partial charge in [0.15, 0.2) is 11.5 Å². The number of aryl methyl sites for hydroxylation is 2. The van der Waals surface area contributed by atoms with E-state index in [1.54, 1.807) is 0 Å². The molecule has 7 heteroatoms. The quantitative estimate of drug-likeness (QED) is 0.724. The summed E-state index contributed by atoms with van der Waals surface area (Å²) in [6.45, 7) is 9.81. The predicted molar refractivity (Wildman–Crippen MR) is 117 cm³/mol. The average molecular weight is 433 g/mol. The van der Waals surface area contributed by atoms with Crippen LogP contribution in [-0.2, 0) is 6.54 Å². The van der Waals surface area contributed by atoms with Gasteiger partial charge in [-0.2, -0.15) is 0 Å². The summed E-state index contributed by atoms with van der Waals surface area (Å²) in [5.41, 5.74) is 3.20. The number of β-amino-alcohol motifs (C(OH)–C–C–N with tert-alkyl or cyclic N) is 1. The third-order valence-corrected chi connectivity index (χ3v) is 6.23. The summed E-state index contributed by atoms with van der Waals surface area (Å²) >= 11 is 6.20. The highest BCUT2D eigenvalue weighted by Gasteiger charge is 2.21. The van der Waals surface area contributed by atoms with Crippen LogP contribution < -0.4 is 14.2 Å². The van der Waals surface area contributed by atoms with Crippen molar-refractivity contribution in [2.75, 3.05) is 46.1 Å². The van der Waals surface area contributed by atoms with E-state index in [-0.39, 0.29) is 6.61 Å². The maximum atomic E-state index is 10.4. The van der Waals surface area contributed by atoms with Crippen molar-refractivity contribution in [3.8, 4) is 17.2 Å². The number of hydrogen-bond donors (Lipinski definition) is 1. The Morgan fingerprint density at radius 2 is 1.67 bits per heavy atom. The van der Waals surface area contributed by atoms with E-state index in [1.807, 2.05) is 32.0 Å². The highest BCUT2D eigenvalue weighted by Crippen LogP contribution is 2.33. The highest BCUT2D eigenvalue weighted by atomic mass is 35.5. The van der Waals surface area contributed by atoms with E-state index in [2.05, 4.69) is 21.9 Å². The summed E-state index contributed by atoms with van der Waals surface area (Å²) in [6, 6.07) is 9.97. The van der Waals surface area contributed by atoms with Gasteiger partial charge in [0, 0.05) is 44.3 Å². The molecule has 0 bridgehead atoms. The normalized spacial score (nSPS) is 17.9. The molecule has 6 nitrogen and oxygen atoms in total. The van der Waals surface area contributed by atoms with Gasteiger partial charge in [-0.1, -0.05) is 17.7 Å². The van der Waals surface area contributed by atoms with Crippen LogP contribution in [0.5, 0.6) is 17.2 Å². The van der Waals surface area contributed by atoms with E-state index in [0.717, 1.165) is 66.1 Å². The molecular formula is C23H29ClN2O4. The molecule has 0 aromatic heterocycles. The maximum absolute atomic E-state index is 10.4. The number of rotatable bonds is 7.